The number of hydrogen-bond donors (Lipinski definition) is 0. The highest BCUT2D eigenvalue weighted by molar-refractivity contribution is 8.28. The average molecular weight is 243 g/mol. The number of rotatable bonds is 0. The van der Waals surface area contributed by atoms with Crippen molar-refractivity contribution in [1.82, 2.24) is 0 Å². The van der Waals surface area contributed by atoms with E-state index in [9.17, 15) is 0 Å². The molecule has 3 heteroatoms. The van der Waals surface area contributed by atoms with Gasteiger partial charge < -0.3 is 0 Å². The molecule has 0 saturated heterocycles. The van der Waals surface area contributed by atoms with Gasteiger partial charge in [-0.15, -0.1) is 0 Å². The Balaban J connectivity index is 2.39. The molecule has 16 heavy (non-hydrogen) atoms. The van der Waals surface area contributed by atoms with Crippen molar-refractivity contribution < 1.29 is 0 Å². The zero-order valence-electron chi connectivity index (χ0n) is 8.46. The van der Waals surface area contributed by atoms with Crippen molar-refractivity contribution in [3.05, 3.63) is 54.1 Å². The molecule has 0 aliphatic carbocycles. The summed E-state index contributed by atoms with van der Waals surface area (Å²) in [6.07, 6.45) is 1.89. The third-order valence-electron chi connectivity index (χ3n) is 2.61. The van der Waals surface area contributed by atoms with Gasteiger partial charge in [0, 0.05) is 26.3 Å². The first-order valence-electron chi connectivity index (χ1n) is 5.00. The molecule has 1 aliphatic heterocycles. The van der Waals surface area contributed by atoms with Crippen molar-refractivity contribution in [3.8, 4) is 11.1 Å². The summed E-state index contributed by atoms with van der Waals surface area (Å²) in [5, 5.41) is 0. The van der Waals surface area contributed by atoms with E-state index < -0.39 is 9.64 Å². The van der Waals surface area contributed by atoms with Gasteiger partial charge in [0.25, 0.3) is 0 Å². The monoisotopic (exact) mass is 243 g/mol. The zero-order valence-corrected chi connectivity index (χ0v) is 10.1. The lowest BCUT2D eigenvalue weighted by Crippen LogP contribution is -1.88. The summed E-state index contributed by atoms with van der Waals surface area (Å²) in [6.45, 7) is 0. The molecule has 0 spiro atoms. The highest BCUT2D eigenvalue weighted by Crippen LogP contribution is 2.31. The third-order valence-corrected chi connectivity index (χ3v) is 4.44. The maximum atomic E-state index is 5.41. The number of fused-ring (bicyclic) bond motifs is 3. The predicted molar refractivity (Wildman–Crippen MR) is 72.5 cm³/mol. The number of nitrogens with zero attached hydrogens (tertiary/aromatic N) is 1. The molecule has 1 unspecified atom stereocenters. The van der Waals surface area contributed by atoms with E-state index in [0.29, 0.717) is 0 Å². The van der Waals surface area contributed by atoms with Gasteiger partial charge in [0.15, 0.2) is 0 Å². The molecule has 78 valence electrons. The quantitative estimate of drug-likeness (QED) is 0.692. The summed E-state index contributed by atoms with van der Waals surface area (Å²) in [5.41, 5.74) is 3.59. The molecule has 0 amide bonds. The van der Waals surface area contributed by atoms with E-state index in [0.717, 1.165) is 10.5 Å². The standard InChI is InChI=1S/C13H9NS2/c15-16-13-8-4-3-7-12(13)11-6-2-1-5-10(11)9-14-16/h1-9H. The second kappa shape index (κ2) is 3.92. The van der Waals surface area contributed by atoms with E-state index in [2.05, 4.69) is 34.7 Å². The van der Waals surface area contributed by atoms with Gasteiger partial charge in [-0.1, -0.05) is 42.5 Å². The van der Waals surface area contributed by atoms with Crippen LogP contribution in [0.15, 0.2) is 57.8 Å². The van der Waals surface area contributed by atoms with E-state index in [1.807, 2.05) is 24.4 Å². The summed E-state index contributed by atoms with van der Waals surface area (Å²) >= 11 is 5.41. The van der Waals surface area contributed by atoms with Crippen molar-refractivity contribution >= 4 is 27.0 Å². The normalized spacial score (nSPS) is 17.4. The topological polar surface area (TPSA) is 12.4 Å². The fourth-order valence-electron chi connectivity index (χ4n) is 1.86. The third kappa shape index (κ3) is 1.52. The lowest BCUT2D eigenvalue weighted by molar-refractivity contribution is 1.44. The summed E-state index contributed by atoms with van der Waals surface area (Å²) in [4.78, 5) is 1.15. The van der Waals surface area contributed by atoms with Gasteiger partial charge in [-0.2, -0.15) is 0 Å². The molecule has 0 aromatic heterocycles. The molecular formula is C13H9NS2. The summed E-state index contributed by atoms with van der Waals surface area (Å²) in [7, 11) is -0.456. The fraction of sp³-hybridized carbons (Fsp3) is 0. The maximum Gasteiger partial charge on any atom is 0.0437 e. The van der Waals surface area contributed by atoms with Gasteiger partial charge in [-0.25, -0.2) is 4.40 Å². The Kier molecular flexibility index (Phi) is 2.42. The van der Waals surface area contributed by atoms with Crippen LogP contribution in [0, 0.1) is 0 Å². The summed E-state index contributed by atoms with van der Waals surface area (Å²) in [6, 6.07) is 16.5. The second-order valence-electron chi connectivity index (χ2n) is 3.57. The molecule has 0 saturated carbocycles. The molecule has 0 radical (unpaired) electrons. The van der Waals surface area contributed by atoms with Gasteiger partial charge in [0.2, 0.25) is 0 Å². The SMILES string of the molecule is S=S1N=Cc2ccccc2-c2ccccc21. The van der Waals surface area contributed by atoms with E-state index in [1.165, 1.54) is 11.1 Å². The minimum absolute atomic E-state index is 0.456. The van der Waals surface area contributed by atoms with Crippen LogP contribution in [0.25, 0.3) is 11.1 Å². The van der Waals surface area contributed by atoms with Crippen LogP contribution in [0.5, 0.6) is 0 Å². The molecule has 0 bridgehead atoms. The molecule has 2 aromatic rings. The van der Waals surface area contributed by atoms with Crippen molar-refractivity contribution in [2.45, 2.75) is 4.90 Å². The Morgan fingerprint density at radius 1 is 0.875 bits per heavy atom. The van der Waals surface area contributed by atoms with Crippen LogP contribution >= 0.6 is 0 Å². The molecule has 1 nitrogen and oxygen atoms in total. The zero-order chi connectivity index (χ0) is 11.0. The molecule has 1 atom stereocenters. The van der Waals surface area contributed by atoms with Crippen LogP contribution < -0.4 is 0 Å². The molecule has 2 aromatic carbocycles. The Labute approximate surface area is 102 Å². The van der Waals surface area contributed by atoms with Gasteiger partial charge in [-0.3, -0.25) is 0 Å². The minimum atomic E-state index is -0.456. The average Bonchev–Trinajstić information content (AvgIpc) is 2.49. The van der Waals surface area contributed by atoms with Gasteiger partial charge in [-0.05, 0) is 28.4 Å². The lowest BCUT2D eigenvalue weighted by Gasteiger charge is -2.07. The predicted octanol–water partition coefficient (Wildman–Crippen LogP) is 3.14. The van der Waals surface area contributed by atoms with Crippen LogP contribution in [0.2, 0.25) is 0 Å². The van der Waals surface area contributed by atoms with Crippen LogP contribution in [0.1, 0.15) is 5.56 Å². The molecular weight excluding hydrogens is 234 g/mol. The highest BCUT2D eigenvalue weighted by Gasteiger charge is 2.12. The Morgan fingerprint density at radius 3 is 2.44 bits per heavy atom. The van der Waals surface area contributed by atoms with Crippen molar-refractivity contribution in [2.75, 3.05) is 0 Å². The van der Waals surface area contributed by atoms with Crippen molar-refractivity contribution in [3.63, 3.8) is 0 Å². The van der Waals surface area contributed by atoms with Crippen molar-refractivity contribution in [2.24, 2.45) is 4.40 Å². The van der Waals surface area contributed by atoms with Crippen molar-refractivity contribution in [1.29, 1.82) is 0 Å². The van der Waals surface area contributed by atoms with E-state index in [1.54, 1.807) is 0 Å². The molecule has 1 heterocycles. The number of hydrogen-bond acceptors (Lipinski definition) is 1. The van der Waals surface area contributed by atoms with Crippen LogP contribution in [0.3, 0.4) is 0 Å². The highest BCUT2D eigenvalue weighted by atomic mass is 32.8. The first-order valence-corrected chi connectivity index (χ1v) is 7.11. The van der Waals surface area contributed by atoms with Gasteiger partial charge in [0.1, 0.15) is 0 Å². The Morgan fingerprint density at radius 2 is 1.56 bits per heavy atom. The van der Waals surface area contributed by atoms with Crippen LogP contribution in [-0.2, 0) is 20.8 Å². The van der Waals surface area contributed by atoms with Gasteiger partial charge >= 0.3 is 0 Å². The molecule has 1 aliphatic rings. The summed E-state index contributed by atoms with van der Waals surface area (Å²) < 4.78 is 4.42. The molecule has 3 rings (SSSR count). The molecule has 0 fully saturated rings. The second-order valence-corrected chi connectivity index (χ2v) is 5.66. The fourth-order valence-corrected chi connectivity index (χ4v) is 3.31. The smallest absolute Gasteiger partial charge is 0.0437 e. The first kappa shape index (κ1) is 9.87. The Hall–Kier alpha value is -1.32. The summed E-state index contributed by atoms with van der Waals surface area (Å²) in [5.74, 6) is 0. The van der Waals surface area contributed by atoms with Gasteiger partial charge in [0.05, 0.1) is 0 Å². The Bertz CT molecular complexity index is 602. The maximum absolute atomic E-state index is 5.41. The van der Waals surface area contributed by atoms with E-state index >= 15 is 0 Å². The minimum Gasteiger partial charge on any atom is -0.216 e. The molecule has 0 N–H and O–H groups in total. The van der Waals surface area contributed by atoms with E-state index in [4.69, 9.17) is 11.2 Å². The van der Waals surface area contributed by atoms with Crippen LogP contribution in [0.4, 0.5) is 0 Å². The van der Waals surface area contributed by atoms with E-state index in [-0.39, 0.29) is 0 Å². The largest absolute Gasteiger partial charge is 0.216 e. The number of benzene rings is 2. The lowest BCUT2D eigenvalue weighted by atomic mass is 10.0. The van der Waals surface area contributed by atoms with Crippen LogP contribution in [-0.4, -0.2) is 6.21 Å². The first-order chi connectivity index (χ1) is 7.86.